The molecule has 0 saturated carbocycles. The van der Waals surface area contributed by atoms with Crippen molar-refractivity contribution in [2.45, 2.75) is 65.2 Å². The molecule has 0 amide bonds. The third-order valence-electron chi connectivity index (χ3n) is 2.96. The van der Waals surface area contributed by atoms with E-state index < -0.39 is 0 Å². The highest BCUT2D eigenvalue weighted by atomic mass is 16.5. The van der Waals surface area contributed by atoms with Crippen molar-refractivity contribution in [2.75, 3.05) is 33.0 Å². The van der Waals surface area contributed by atoms with Gasteiger partial charge in [-0.1, -0.05) is 13.3 Å². The van der Waals surface area contributed by atoms with Crippen LogP contribution in [0.1, 0.15) is 65.2 Å². The fourth-order valence-electron chi connectivity index (χ4n) is 1.73. The molecule has 0 aromatic rings. The second-order valence-corrected chi connectivity index (χ2v) is 5.04. The van der Waals surface area contributed by atoms with Gasteiger partial charge in [0.05, 0.1) is 6.61 Å². The first-order chi connectivity index (χ1) is 9.77. The molecule has 0 radical (unpaired) electrons. The number of hydrogen-bond donors (Lipinski definition) is 0. The van der Waals surface area contributed by atoms with Crippen molar-refractivity contribution in [3.8, 4) is 0 Å². The molecule has 2 rings (SSSR count). The Morgan fingerprint density at radius 1 is 0.900 bits per heavy atom. The van der Waals surface area contributed by atoms with Gasteiger partial charge in [0, 0.05) is 33.4 Å². The van der Waals surface area contributed by atoms with E-state index in [1.807, 2.05) is 0 Å². The van der Waals surface area contributed by atoms with Crippen molar-refractivity contribution in [1.29, 1.82) is 0 Å². The first kappa shape index (κ1) is 19.4. The van der Waals surface area contributed by atoms with E-state index in [0.717, 1.165) is 39.3 Å². The summed E-state index contributed by atoms with van der Waals surface area (Å²) in [6.07, 6.45) is 9.91. The summed E-state index contributed by atoms with van der Waals surface area (Å²) in [4.78, 5) is 10.1. The minimum atomic E-state index is -0.182. The molecule has 2 fully saturated rings. The molecule has 2 heterocycles. The lowest BCUT2D eigenvalue weighted by atomic mass is 10.2. The van der Waals surface area contributed by atoms with Gasteiger partial charge in [0.1, 0.15) is 0 Å². The minimum absolute atomic E-state index is 0.182. The molecule has 2 aliphatic rings. The smallest absolute Gasteiger partial charge is 0.302 e. The van der Waals surface area contributed by atoms with Gasteiger partial charge < -0.3 is 14.2 Å². The SMILES string of the molecule is C1CCOCC1.C1CCOCC1.CCCCOC(C)=O. The fraction of sp³-hybridized carbons (Fsp3) is 0.938. The molecule has 0 aromatic heterocycles. The monoisotopic (exact) mass is 288 g/mol. The molecule has 4 heteroatoms. The lowest BCUT2D eigenvalue weighted by Crippen LogP contribution is -2.03. The summed E-state index contributed by atoms with van der Waals surface area (Å²) in [7, 11) is 0. The molecular formula is C16H32O4. The highest BCUT2D eigenvalue weighted by Crippen LogP contribution is 2.02. The molecule has 0 aromatic carbocycles. The van der Waals surface area contributed by atoms with E-state index in [0.29, 0.717) is 6.61 Å². The van der Waals surface area contributed by atoms with Gasteiger partial charge in [0.15, 0.2) is 0 Å². The van der Waals surface area contributed by atoms with Crippen LogP contribution in [0.4, 0.5) is 0 Å². The van der Waals surface area contributed by atoms with E-state index in [4.69, 9.17) is 9.47 Å². The van der Waals surface area contributed by atoms with Crippen molar-refractivity contribution >= 4 is 5.97 Å². The molecule has 0 bridgehead atoms. The van der Waals surface area contributed by atoms with Gasteiger partial charge in [-0.2, -0.15) is 0 Å². The summed E-state index contributed by atoms with van der Waals surface area (Å²) in [5.41, 5.74) is 0. The van der Waals surface area contributed by atoms with Gasteiger partial charge >= 0.3 is 5.97 Å². The molecule has 0 spiro atoms. The van der Waals surface area contributed by atoms with Crippen molar-refractivity contribution in [2.24, 2.45) is 0 Å². The number of carbonyl (C=O) groups is 1. The van der Waals surface area contributed by atoms with Crippen molar-refractivity contribution in [3.05, 3.63) is 0 Å². The quantitative estimate of drug-likeness (QED) is 0.586. The normalized spacial score (nSPS) is 17.9. The average Bonchev–Trinajstić information content (AvgIpc) is 2.52. The largest absolute Gasteiger partial charge is 0.466 e. The second kappa shape index (κ2) is 16.4. The topological polar surface area (TPSA) is 44.8 Å². The first-order valence-corrected chi connectivity index (χ1v) is 8.06. The molecule has 4 nitrogen and oxygen atoms in total. The highest BCUT2D eigenvalue weighted by molar-refractivity contribution is 5.65. The predicted octanol–water partition coefficient (Wildman–Crippen LogP) is 3.72. The Kier molecular flexibility index (Phi) is 15.9. The van der Waals surface area contributed by atoms with Crippen LogP contribution in [-0.2, 0) is 19.0 Å². The minimum Gasteiger partial charge on any atom is -0.466 e. The van der Waals surface area contributed by atoms with Crippen molar-refractivity contribution in [3.63, 3.8) is 0 Å². The number of rotatable bonds is 3. The molecule has 2 saturated heterocycles. The number of ether oxygens (including phenoxy) is 3. The first-order valence-electron chi connectivity index (χ1n) is 8.06. The summed E-state index contributed by atoms with van der Waals surface area (Å²) >= 11 is 0. The maximum Gasteiger partial charge on any atom is 0.302 e. The lowest BCUT2D eigenvalue weighted by molar-refractivity contribution is -0.141. The van der Waals surface area contributed by atoms with Crippen molar-refractivity contribution in [1.82, 2.24) is 0 Å². The standard InChI is InChI=1S/C6H12O2.2C5H10O/c1-3-4-5-8-6(2)7;2*1-2-4-6-5-3-1/h3-5H2,1-2H3;2*1-5H2. The second-order valence-electron chi connectivity index (χ2n) is 5.04. The Balaban J connectivity index is 0.000000274. The van der Waals surface area contributed by atoms with Gasteiger partial charge in [-0.15, -0.1) is 0 Å². The maximum absolute atomic E-state index is 10.1. The molecule has 0 N–H and O–H groups in total. The molecule has 0 unspecified atom stereocenters. The van der Waals surface area contributed by atoms with E-state index in [1.165, 1.54) is 45.4 Å². The summed E-state index contributed by atoms with van der Waals surface area (Å²) < 4.78 is 14.8. The number of carbonyl (C=O) groups excluding carboxylic acids is 1. The van der Waals surface area contributed by atoms with Crippen LogP contribution in [0, 0.1) is 0 Å². The Labute approximate surface area is 124 Å². The van der Waals surface area contributed by atoms with Crippen LogP contribution >= 0.6 is 0 Å². The Morgan fingerprint density at radius 3 is 1.55 bits per heavy atom. The third kappa shape index (κ3) is 17.4. The number of esters is 1. The average molecular weight is 288 g/mol. The zero-order chi connectivity index (χ0) is 14.9. The maximum atomic E-state index is 10.1. The predicted molar refractivity (Wildman–Crippen MR) is 80.9 cm³/mol. The fourth-order valence-corrected chi connectivity index (χ4v) is 1.73. The van der Waals surface area contributed by atoms with Crippen LogP contribution in [0.5, 0.6) is 0 Å². The summed E-state index contributed by atoms with van der Waals surface area (Å²) in [5, 5.41) is 0. The van der Waals surface area contributed by atoms with Gasteiger partial charge in [-0.3, -0.25) is 4.79 Å². The number of unbranched alkanes of at least 4 members (excludes halogenated alkanes) is 1. The van der Waals surface area contributed by atoms with E-state index >= 15 is 0 Å². The van der Waals surface area contributed by atoms with E-state index in [9.17, 15) is 4.79 Å². The van der Waals surface area contributed by atoms with Gasteiger partial charge in [0.2, 0.25) is 0 Å². The van der Waals surface area contributed by atoms with Crippen molar-refractivity contribution < 1.29 is 19.0 Å². The highest BCUT2D eigenvalue weighted by Gasteiger charge is 1.95. The van der Waals surface area contributed by atoms with Crippen LogP contribution in [0.2, 0.25) is 0 Å². The van der Waals surface area contributed by atoms with E-state index in [1.54, 1.807) is 0 Å². The van der Waals surface area contributed by atoms with Crippen LogP contribution < -0.4 is 0 Å². The lowest BCUT2D eigenvalue weighted by Gasteiger charge is -2.08. The van der Waals surface area contributed by atoms with Crippen LogP contribution in [-0.4, -0.2) is 39.0 Å². The van der Waals surface area contributed by atoms with Crippen LogP contribution in [0.3, 0.4) is 0 Å². The Bertz CT molecular complexity index is 164. The number of hydrogen-bond acceptors (Lipinski definition) is 4. The molecule has 2 aliphatic heterocycles. The molecule has 20 heavy (non-hydrogen) atoms. The zero-order valence-corrected chi connectivity index (χ0v) is 13.3. The zero-order valence-electron chi connectivity index (χ0n) is 13.3. The van der Waals surface area contributed by atoms with Crippen LogP contribution in [0.15, 0.2) is 0 Å². The Morgan fingerprint density at radius 2 is 1.35 bits per heavy atom. The third-order valence-corrected chi connectivity index (χ3v) is 2.96. The van der Waals surface area contributed by atoms with E-state index in [-0.39, 0.29) is 5.97 Å². The van der Waals surface area contributed by atoms with Crippen LogP contribution in [0.25, 0.3) is 0 Å². The summed E-state index contributed by atoms with van der Waals surface area (Å²) in [5.74, 6) is -0.182. The van der Waals surface area contributed by atoms with Gasteiger partial charge in [-0.05, 0) is 44.9 Å². The van der Waals surface area contributed by atoms with Gasteiger partial charge in [-0.25, -0.2) is 0 Å². The molecular weight excluding hydrogens is 256 g/mol. The summed E-state index contributed by atoms with van der Waals surface area (Å²) in [6, 6.07) is 0. The molecule has 120 valence electrons. The molecule has 0 atom stereocenters. The summed E-state index contributed by atoms with van der Waals surface area (Å²) in [6.45, 7) is 8.06. The Hall–Kier alpha value is -0.610. The molecule has 0 aliphatic carbocycles. The van der Waals surface area contributed by atoms with E-state index in [2.05, 4.69) is 11.7 Å². The van der Waals surface area contributed by atoms with Gasteiger partial charge in [0.25, 0.3) is 0 Å².